The van der Waals surface area contributed by atoms with Crippen molar-refractivity contribution in [2.75, 3.05) is 5.32 Å². The first-order valence-electron chi connectivity index (χ1n) is 10.4. The maximum atomic E-state index is 12.4. The lowest BCUT2D eigenvalue weighted by Gasteiger charge is -2.18. The number of benzene rings is 1. The van der Waals surface area contributed by atoms with Crippen molar-refractivity contribution in [1.82, 2.24) is 14.7 Å². The number of thiophene rings is 1. The van der Waals surface area contributed by atoms with Crippen LogP contribution in [0.2, 0.25) is 0 Å². The molecular weight excluding hydrogens is 416 g/mol. The fraction of sp³-hybridized carbons (Fsp3) is 0.455. The first kappa shape index (κ1) is 21.2. The number of anilines is 1. The van der Waals surface area contributed by atoms with Gasteiger partial charge in [0.15, 0.2) is 0 Å². The summed E-state index contributed by atoms with van der Waals surface area (Å²) in [5.41, 5.74) is 3.13. The molecule has 4 rings (SSSR count). The molecule has 0 fully saturated rings. The Kier molecular flexibility index (Phi) is 6.09. The van der Waals surface area contributed by atoms with E-state index in [1.807, 2.05) is 38.1 Å². The Morgan fingerprint density at radius 3 is 2.73 bits per heavy atom. The molecule has 0 saturated heterocycles. The quantitative estimate of drug-likeness (QED) is 0.569. The normalized spacial score (nSPS) is 16.7. The van der Waals surface area contributed by atoms with Crippen LogP contribution in [0.5, 0.6) is 0 Å². The van der Waals surface area contributed by atoms with Crippen LogP contribution in [0.3, 0.4) is 0 Å². The molecule has 0 saturated carbocycles. The van der Waals surface area contributed by atoms with Gasteiger partial charge in [0.05, 0.1) is 11.1 Å². The predicted octanol–water partition coefficient (Wildman–Crippen LogP) is 4.26. The molecule has 160 valence electrons. The summed E-state index contributed by atoms with van der Waals surface area (Å²) in [7, 11) is -3.38. The van der Waals surface area contributed by atoms with Gasteiger partial charge in [0.1, 0.15) is 17.0 Å². The van der Waals surface area contributed by atoms with Gasteiger partial charge in [0.25, 0.3) is 0 Å². The lowest BCUT2D eigenvalue weighted by atomic mass is 9.89. The van der Waals surface area contributed by atoms with E-state index in [0.717, 1.165) is 40.0 Å². The van der Waals surface area contributed by atoms with Crippen LogP contribution < -0.4 is 10.0 Å². The number of aryl methyl sites for hydroxylation is 1. The number of sulfonamides is 1. The first-order chi connectivity index (χ1) is 14.3. The van der Waals surface area contributed by atoms with Crippen LogP contribution in [0, 0.1) is 5.92 Å². The van der Waals surface area contributed by atoms with E-state index in [1.54, 1.807) is 17.7 Å². The number of nitrogens with zero attached hydrogens (tertiary/aromatic N) is 2. The number of fused-ring (bicyclic) bond motifs is 3. The second-order valence-electron chi connectivity index (χ2n) is 8.41. The Labute approximate surface area is 182 Å². The summed E-state index contributed by atoms with van der Waals surface area (Å²) in [6.07, 6.45) is 4.98. The Morgan fingerprint density at radius 2 is 1.97 bits per heavy atom. The average molecular weight is 445 g/mol. The van der Waals surface area contributed by atoms with E-state index in [9.17, 15) is 8.42 Å². The second kappa shape index (κ2) is 8.61. The Balaban J connectivity index is 1.58. The van der Waals surface area contributed by atoms with Gasteiger partial charge in [0.2, 0.25) is 10.0 Å². The van der Waals surface area contributed by atoms with Crippen LogP contribution in [0.4, 0.5) is 5.82 Å². The minimum atomic E-state index is -3.38. The van der Waals surface area contributed by atoms with E-state index in [1.165, 1.54) is 16.9 Å². The molecule has 3 aromatic rings. The molecule has 0 aliphatic heterocycles. The Morgan fingerprint density at radius 1 is 1.20 bits per heavy atom. The van der Waals surface area contributed by atoms with E-state index in [4.69, 9.17) is 0 Å². The highest BCUT2D eigenvalue weighted by atomic mass is 32.2. The van der Waals surface area contributed by atoms with Crippen molar-refractivity contribution in [1.29, 1.82) is 0 Å². The Hall–Kier alpha value is -2.03. The van der Waals surface area contributed by atoms with Crippen molar-refractivity contribution in [2.45, 2.75) is 58.4 Å². The van der Waals surface area contributed by atoms with Gasteiger partial charge in [-0.25, -0.2) is 23.1 Å². The zero-order valence-electron chi connectivity index (χ0n) is 17.6. The minimum absolute atomic E-state index is 0.0338. The van der Waals surface area contributed by atoms with Crippen LogP contribution in [-0.4, -0.2) is 24.4 Å². The molecule has 0 bridgehead atoms. The topological polar surface area (TPSA) is 84.0 Å². The van der Waals surface area contributed by atoms with Gasteiger partial charge in [-0.05, 0) is 55.7 Å². The van der Waals surface area contributed by atoms with Crippen LogP contribution in [0.1, 0.15) is 48.8 Å². The molecule has 2 heterocycles. The maximum absolute atomic E-state index is 12.4. The van der Waals surface area contributed by atoms with Crippen molar-refractivity contribution in [3.05, 3.63) is 52.2 Å². The fourth-order valence-electron chi connectivity index (χ4n) is 4.06. The van der Waals surface area contributed by atoms with Crippen LogP contribution in [0.25, 0.3) is 10.2 Å². The van der Waals surface area contributed by atoms with Crippen molar-refractivity contribution in [2.24, 2.45) is 5.92 Å². The molecule has 8 heteroatoms. The molecule has 1 atom stereocenters. The first-order valence-corrected chi connectivity index (χ1v) is 12.8. The summed E-state index contributed by atoms with van der Waals surface area (Å²) in [6, 6.07) is 7.54. The zero-order valence-corrected chi connectivity index (χ0v) is 19.2. The molecule has 6 nitrogen and oxygen atoms in total. The minimum Gasteiger partial charge on any atom is -0.365 e. The number of hydrogen-bond acceptors (Lipinski definition) is 6. The number of hydrogen-bond donors (Lipinski definition) is 2. The third-order valence-corrected chi connectivity index (χ3v) is 8.10. The summed E-state index contributed by atoms with van der Waals surface area (Å²) in [6.45, 7) is 6.47. The standard InChI is InChI=1S/C22H28N4O2S2/c1-14(2)26-30(27,28)12-17-7-5-4-6-16(17)11-23-21-20-18-9-8-15(3)10-19(18)29-22(20)25-13-24-21/h4-7,13-15,26H,8-12H2,1-3H3,(H,23,24,25). The second-order valence-corrected chi connectivity index (χ2v) is 11.2. The third-order valence-electron chi connectivity index (χ3n) is 5.42. The molecule has 0 spiro atoms. The molecule has 1 aliphatic rings. The van der Waals surface area contributed by atoms with Crippen LogP contribution in [-0.2, 0) is 35.2 Å². The number of aromatic nitrogens is 2. The van der Waals surface area contributed by atoms with E-state index in [-0.39, 0.29) is 11.8 Å². The number of nitrogens with one attached hydrogen (secondary N) is 2. The smallest absolute Gasteiger partial charge is 0.216 e. The lowest BCUT2D eigenvalue weighted by molar-refractivity contribution is 0.509. The summed E-state index contributed by atoms with van der Waals surface area (Å²) in [5.74, 6) is 1.52. The van der Waals surface area contributed by atoms with E-state index < -0.39 is 10.0 Å². The monoisotopic (exact) mass is 444 g/mol. The predicted molar refractivity (Wildman–Crippen MR) is 123 cm³/mol. The molecule has 1 aromatic carbocycles. The van der Waals surface area contributed by atoms with E-state index in [0.29, 0.717) is 12.5 Å². The van der Waals surface area contributed by atoms with E-state index in [2.05, 4.69) is 26.9 Å². The lowest BCUT2D eigenvalue weighted by Crippen LogP contribution is -2.31. The molecule has 2 N–H and O–H groups in total. The molecule has 0 amide bonds. The molecule has 0 radical (unpaired) electrons. The van der Waals surface area contributed by atoms with Crippen molar-refractivity contribution in [3.8, 4) is 0 Å². The van der Waals surface area contributed by atoms with Gasteiger partial charge in [-0.15, -0.1) is 11.3 Å². The van der Waals surface area contributed by atoms with Gasteiger partial charge in [0, 0.05) is 17.5 Å². The molecule has 30 heavy (non-hydrogen) atoms. The third kappa shape index (κ3) is 4.66. The largest absolute Gasteiger partial charge is 0.365 e. The van der Waals surface area contributed by atoms with Gasteiger partial charge in [-0.3, -0.25) is 0 Å². The highest BCUT2D eigenvalue weighted by Crippen LogP contribution is 2.39. The summed E-state index contributed by atoms with van der Waals surface area (Å²) >= 11 is 1.78. The van der Waals surface area contributed by atoms with Gasteiger partial charge in [-0.2, -0.15) is 0 Å². The van der Waals surface area contributed by atoms with Gasteiger partial charge in [-0.1, -0.05) is 31.2 Å². The molecule has 1 unspecified atom stereocenters. The summed E-state index contributed by atoms with van der Waals surface area (Å²) in [5, 5.41) is 4.59. The molecule has 1 aliphatic carbocycles. The molecular formula is C22H28N4O2S2. The van der Waals surface area contributed by atoms with Crippen molar-refractivity contribution in [3.63, 3.8) is 0 Å². The Bertz CT molecular complexity index is 1160. The maximum Gasteiger partial charge on any atom is 0.216 e. The highest BCUT2D eigenvalue weighted by Gasteiger charge is 2.23. The molecule has 2 aromatic heterocycles. The summed E-state index contributed by atoms with van der Waals surface area (Å²) < 4.78 is 27.5. The van der Waals surface area contributed by atoms with Crippen LogP contribution >= 0.6 is 11.3 Å². The van der Waals surface area contributed by atoms with Gasteiger partial charge < -0.3 is 5.32 Å². The fourth-order valence-corrected chi connectivity index (χ4v) is 6.91. The zero-order chi connectivity index (χ0) is 21.3. The van der Waals surface area contributed by atoms with Crippen molar-refractivity contribution >= 4 is 37.4 Å². The summed E-state index contributed by atoms with van der Waals surface area (Å²) in [4.78, 5) is 11.5. The average Bonchev–Trinajstić information content (AvgIpc) is 3.04. The SMILES string of the molecule is CC1CCc2c(sc3ncnc(NCc4ccccc4CS(=O)(=O)NC(C)C)c23)C1. The number of rotatable bonds is 7. The van der Waals surface area contributed by atoms with E-state index >= 15 is 0 Å². The highest BCUT2D eigenvalue weighted by molar-refractivity contribution is 7.88. The van der Waals surface area contributed by atoms with Crippen molar-refractivity contribution < 1.29 is 8.42 Å². The van der Waals surface area contributed by atoms with Crippen LogP contribution in [0.15, 0.2) is 30.6 Å². The van der Waals surface area contributed by atoms with Gasteiger partial charge >= 0.3 is 0 Å².